The average molecular weight is 320 g/mol. The summed E-state index contributed by atoms with van der Waals surface area (Å²) in [6.07, 6.45) is 1.93. The number of nitrogens with zero attached hydrogens (tertiary/aromatic N) is 4. The second-order valence-corrected chi connectivity index (χ2v) is 7.32. The van der Waals surface area contributed by atoms with E-state index in [4.69, 9.17) is 8.94 Å². The average Bonchev–Trinajstić information content (AvgIpc) is 3.15. The minimum absolute atomic E-state index is 0.0516. The van der Waals surface area contributed by atoms with Gasteiger partial charge in [0.25, 0.3) is 5.89 Å². The maximum Gasteiger partial charge on any atom is 0.276 e. The number of aromatic nitrogens is 4. The van der Waals surface area contributed by atoms with Crippen LogP contribution >= 0.6 is 0 Å². The van der Waals surface area contributed by atoms with Gasteiger partial charge in [-0.05, 0) is 12.1 Å². The molecule has 0 saturated carbocycles. The second-order valence-electron chi connectivity index (χ2n) is 5.14. The van der Waals surface area contributed by atoms with Gasteiger partial charge < -0.3 is 8.94 Å². The van der Waals surface area contributed by atoms with Crippen LogP contribution in [0.4, 0.5) is 0 Å². The number of sulfone groups is 1. The van der Waals surface area contributed by atoms with Gasteiger partial charge in [-0.3, -0.25) is 4.68 Å². The van der Waals surface area contributed by atoms with Crippen LogP contribution in [0.5, 0.6) is 0 Å². The van der Waals surface area contributed by atoms with Crippen LogP contribution in [0.2, 0.25) is 0 Å². The van der Waals surface area contributed by atoms with E-state index in [2.05, 4.69) is 15.2 Å². The number of rotatable bonds is 2. The number of fused-ring (bicyclic) bond motifs is 1. The normalized spacial score (nSPS) is 16.6. The predicted octanol–water partition coefficient (Wildman–Crippen LogP) is 1.20. The van der Waals surface area contributed by atoms with Gasteiger partial charge in [0.1, 0.15) is 5.69 Å². The van der Waals surface area contributed by atoms with Crippen LogP contribution in [0.15, 0.2) is 27.3 Å². The zero-order valence-electron chi connectivity index (χ0n) is 11.7. The Balaban J connectivity index is 1.82. The van der Waals surface area contributed by atoms with E-state index < -0.39 is 9.84 Å². The van der Waals surface area contributed by atoms with Gasteiger partial charge in [0.05, 0.1) is 23.5 Å². The molecule has 0 fully saturated rings. The first-order chi connectivity index (χ1) is 10.5. The molecule has 3 aromatic rings. The molecule has 0 unspecified atom stereocenters. The molecule has 3 aromatic heterocycles. The Labute approximate surface area is 125 Å². The summed E-state index contributed by atoms with van der Waals surface area (Å²) in [5, 5.41) is 8.24. The molecule has 0 spiro atoms. The Bertz CT molecular complexity index is 937. The van der Waals surface area contributed by atoms with Gasteiger partial charge in [0, 0.05) is 19.0 Å². The molecule has 0 bridgehead atoms. The zero-order valence-corrected chi connectivity index (χ0v) is 12.5. The van der Waals surface area contributed by atoms with E-state index in [1.807, 2.05) is 0 Å². The van der Waals surface area contributed by atoms with Crippen LogP contribution in [0.3, 0.4) is 0 Å². The van der Waals surface area contributed by atoms with Gasteiger partial charge in [-0.2, -0.15) is 10.1 Å². The zero-order chi connectivity index (χ0) is 15.3. The minimum atomic E-state index is -3.11. The molecular weight excluding hydrogens is 308 g/mol. The van der Waals surface area contributed by atoms with Crippen LogP contribution in [0.25, 0.3) is 23.2 Å². The van der Waals surface area contributed by atoms with E-state index in [1.54, 1.807) is 23.9 Å². The van der Waals surface area contributed by atoms with Gasteiger partial charge in [0.15, 0.2) is 15.6 Å². The third-order valence-electron chi connectivity index (χ3n) is 3.61. The fraction of sp³-hybridized carbons (Fsp3) is 0.308. The monoisotopic (exact) mass is 320 g/mol. The van der Waals surface area contributed by atoms with Gasteiger partial charge >= 0.3 is 0 Å². The molecule has 8 nitrogen and oxygen atoms in total. The summed E-state index contributed by atoms with van der Waals surface area (Å²) in [7, 11) is -1.38. The van der Waals surface area contributed by atoms with E-state index in [9.17, 15) is 8.42 Å². The summed E-state index contributed by atoms with van der Waals surface area (Å²) in [6, 6.07) is 3.45. The summed E-state index contributed by atoms with van der Waals surface area (Å²) >= 11 is 0. The molecule has 0 atom stereocenters. The van der Waals surface area contributed by atoms with Gasteiger partial charge in [-0.1, -0.05) is 5.16 Å². The molecule has 4 heterocycles. The molecule has 0 aliphatic carbocycles. The third kappa shape index (κ3) is 2.05. The summed E-state index contributed by atoms with van der Waals surface area (Å²) in [6.45, 7) is 0. The molecule has 9 heteroatoms. The number of hydrogen-bond acceptors (Lipinski definition) is 7. The lowest BCUT2D eigenvalue weighted by Crippen LogP contribution is -2.18. The Kier molecular flexibility index (Phi) is 2.73. The van der Waals surface area contributed by atoms with Crippen LogP contribution in [0.1, 0.15) is 11.3 Å². The summed E-state index contributed by atoms with van der Waals surface area (Å²) in [5.74, 6) is 1.11. The van der Waals surface area contributed by atoms with E-state index >= 15 is 0 Å². The lowest BCUT2D eigenvalue weighted by Gasteiger charge is -2.10. The van der Waals surface area contributed by atoms with Crippen molar-refractivity contribution in [2.75, 3.05) is 5.75 Å². The lowest BCUT2D eigenvalue weighted by atomic mass is 10.1. The van der Waals surface area contributed by atoms with Crippen molar-refractivity contribution in [3.63, 3.8) is 0 Å². The molecule has 114 valence electrons. The molecule has 22 heavy (non-hydrogen) atoms. The molecule has 0 radical (unpaired) electrons. The van der Waals surface area contributed by atoms with E-state index in [1.165, 1.54) is 6.26 Å². The highest BCUT2D eigenvalue weighted by molar-refractivity contribution is 7.90. The van der Waals surface area contributed by atoms with Crippen molar-refractivity contribution in [1.82, 2.24) is 19.9 Å². The van der Waals surface area contributed by atoms with E-state index in [0.717, 1.165) is 5.69 Å². The van der Waals surface area contributed by atoms with E-state index in [-0.39, 0.29) is 17.4 Å². The van der Waals surface area contributed by atoms with Gasteiger partial charge in [-0.15, -0.1) is 0 Å². The van der Waals surface area contributed by atoms with Crippen LogP contribution in [0, 0.1) is 0 Å². The molecule has 4 rings (SSSR count). The fourth-order valence-corrected chi connectivity index (χ4v) is 4.01. The molecule has 1 aliphatic rings. The quantitative estimate of drug-likeness (QED) is 0.698. The maximum absolute atomic E-state index is 11.9. The summed E-state index contributed by atoms with van der Waals surface area (Å²) < 4.78 is 35.8. The van der Waals surface area contributed by atoms with Gasteiger partial charge in [0.2, 0.25) is 5.82 Å². The first-order valence-electron chi connectivity index (χ1n) is 6.66. The van der Waals surface area contributed by atoms with Crippen molar-refractivity contribution in [3.05, 3.63) is 29.7 Å². The molecule has 0 saturated heterocycles. The molecule has 1 aliphatic heterocycles. The highest BCUT2D eigenvalue weighted by Gasteiger charge is 2.30. The second kappa shape index (κ2) is 4.54. The predicted molar refractivity (Wildman–Crippen MR) is 75.4 cm³/mol. The van der Waals surface area contributed by atoms with Crippen molar-refractivity contribution >= 4 is 9.84 Å². The highest BCUT2D eigenvalue weighted by atomic mass is 32.2. The number of hydrogen-bond donors (Lipinski definition) is 0. The summed E-state index contributed by atoms with van der Waals surface area (Å²) in [5.41, 5.74) is 1.96. The fourth-order valence-electron chi connectivity index (χ4n) is 2.61. The third-order valence-corrected chi connectivity index (χ3v) is 5.17. The number of aryl methyl sites for hydroxylation is 2. The Morgan fingerprint density at radius 1 is 1.36 bits per heavy atom. The highest BCUT2D eigenvalue weighted by Crippen LogP contribution is 2.31. The minimum Gasteiger partial charge on any atom is -0.461 e. The van der Waals surface area contributed by atoms with E-state index in [0.29, 0.717) is 29.3 Å². The lowest BCUT2D eigenvalue weighted by molar-refractivity contribution is 0.425. The Hall–Kier alpha value is -2.42. The van der Waals surface area contributed by atoms with Crippen molar-refractivity contribution < 1.29 is 17.4 Å². The van der Waals surface area contributed by atoms with Crippen molar-refractivity contribution in [3.8, 4) is 23.2 Å². The first-order valence-corrected chi connectivity index (χ1v) is 8.49. The van der Waals surface area contributed by atoms with Crippen molar-refractivity contribution in [2.45, 2.75) is 12.2 Å². The van der Waals surface area contributed by atoms with Crippen LogP contribution in [-0.2, 0) is 29.1 Å². The maximum atomic E-state index is 11.9. The molecule has 0 N–H and O–H groups in total. The SMILES string of the molecule is Cn1nc2c(c1-c1nc(-c3ccco3)no1)CS(=O)(=O)CC2. The number of furan rings is 1. The Morgan fingerprint density at radius 3 is 3.00 bits per heavy atom. The molecule has 0 amide bonds. The largest absolute Gasteiger partial charge is 0.461 e. The van der Waals surface area contributed by atoms with Crippen molar-refractivity contribution in [2.24, 2.45) is 7.05 Å². The van der Waals surface area contributed by atoms with Gasteiger partial charge in [-0.25, -0.2) is 8.42 Å². The Morgan fingerprint density at radius 2 is 2.23 bits per heavy atom. The standard InChI is InChI=1S/C13H12N4O4S/c1-17-11(8-7-22(18,19)6-4-9(8)15-17)13-14-12(16-21-13)10-3-2-5-20-10/h2-3,5H,4,6-7H2,1H3. The molecular formula is C13H12N4O4S. The molecule has 0 aromatic carbocycles. The smallest absolute Gasteiger partial charge is 0.276 e. The first kappa shape index (κ1) is 13.3. The summed E-state index contributed by atoms with van der Waals surface area (Å²) in [4.78, 5) is 4.28. The topological polar surface area (TPSA) is 104 Å². The van der Waals surface area contributed by atoms with Crippen LogP contribution in [-0.4, -0.2) is 34.1 Å². The van der Waals surface area contributed by atoms with Crippen molar-refractivity contribution in [1.29, 1.82) is 0 Å². The van der Waals surface area contributed by atoms with Crippen LogP contribution < -0.4 is 0 Å².